The molecule has 0 radical (unpaired) electrons. The van der Waals surface area contributed by atoms with Crippen molar-refractivity contribution in [3.8, 4) is 0 Å². The third-order valence-electron chi connectivity index (χ3n) is 8.89. The number of amides is 2. The lowest BCUT2D eigenvalue weighted by Crippen LogP contribution is -2.47. The molecule has 2 amide bonds. The second kappa shape index (κ2) is 16.7. The van der Waals surface area contributed by atoms with E-state index in [0.717, 1.165) is 19.0 Å². The molecule has 2 aromatic carbocycles. The minimum absolute atomic E-state index is 0.0894. The van der Waals surface area contributed by atoms with Crippen molar-refractivity contribution in [2.45, 2.75) is 69.1 Å². The summed E-state index contributed by atoms with van der Waals surface area (Å²) < 4.78 is 54.0. The number of pyridine rings is 1. The van der Waals surface area contributed by atoms with E-state index in [4.69, 9.17) is 15.2 Å². The number of hydrogen-bond donors (Lipinski definition) is 4. The minimum Gasteiger partial charge on any atom is -0.447 e. The first-order chi connectivity index (χ1) is 22.8. The van der Waals surface area contributed by atoms with Crippen LogP contribution in [0, 0.1) is 23.4 Å². The van der Waals surface area contributed by atoms with E-state index in [2.05, 4.69) is 20.9 Å². The van der Waals surface area contributed by atoms with Crippen LogP contribution in [0.3, 0.4) is 0 Å². The number of halogens is 3. The summed E-state index contributed by atoms with van der Waals surface area (Å²) in [6.07, 6.45) is 7.87. The highest BCUT2D eigenvalue weighted by molar-refractivity contribution is 5.96. The number of carbonyl (C=O) groups excluding carboxylic acids is 2. The van der Waals surface area contributed by atoms with Gasteiger partial charge < -0.3 is 31.2 Å². The fraction of sp³-hybridized carbons (Fsp3) is 0.457. The van der Waals surface area contributed by atoms with Gasteiger partial charge >= 0.3 is 6.09 Å². The van der Waals surface area contributed by atoms with Crippen molar-refractivity contribution in [1.82, 2.24) is 15.6 Å². The number of nitrogens with one attached hydrogen (secondary N) is 3. The molecular weight excluding hydrogens is 611 g/mol. The van der Waals surface area contributed by atoms with Gasteiger partial charge in [-0.25, -0.2) is 18.0 Å². The lowest BCUT2D eigenvalue weighted by molar-refractivity contribution is -0.117. The molecule has 9 nitrogen and oxygen atoms in total. The maximum absolute atomic E-state index is 15.1. The number of anilines is 1. The van der Waals surface area contributed by atoms with Crippen LogP contribution in [0.5, 0.6) is 0 Å². The first kappa shape index (κ1) is 34.3. The largest absolute Gasteiger partial charge is 0.447 e. The number of carbonyl (C=O) groups is 2. The fourth-order valence-electron chi connectivity index (χ4n) is 6.32. The van der Waals surface area contributed by atoms with Gasteiger partial charge in [0.15, 0.2) is 0 Å². The first-order valence-corrected chi connectivity index (χ1v) is 16.2. The highest BCUT2D eigenvalue weighted by Gasteiger charge is 2.30. The molecule has 5 rings (SSSR count). The molecule has 1 saturated heterocycles. The van der Waals surface area contributed by atoms with Crippen LogP contribution < -0.4 is 21.7 Å². The fourth-order valence-corrected chi connectivity index (χ4v) is 6.32. The van der Waals surface area contributed by atoms with Gasteiger partial charge in [-0.1, -0.05) is 43.5 Å². The zero-order chi connectivity index (χ0) is 33.2. The van der Waals surface area contributed by atoms with E-state index in [1.165, 1.54) is 74.0 Å². The number of nitrogens with zero attached hydrogens (tertiary/aromatic N) is 1. The molecule has 0 unspecified atom stereocenters. The van der Waals surface area contributed by atoms with Crippen LogP contribution in [-0.4, -0.2) is 61.5 Å². The summed E-state index contributed by atoms with van der Waals surface area (Å²) >= 11 is 0. The maximum atomic E-state index is 15.1. The molecule has 2 aliphatic rings. The molecule has 0 bridgehead atoms. The number of nitrogens with two attached hydrogens (primary N) is 1. The van der Waals surface area contributed by atoms with Crippen molar-refractivity contribution < 1.29 is 32.2 Å². The number of ether oxygens (including phenoxy) is 2. The predicted octanol–water partition coefficient (Wildman–Crippen LogP) is 5.19. The molecule has 3 atom stereocenters. The molecule has 0 spiro atoms. The van der Waals surface area contributed by atoms with Crippen molar-refractivity contribution in [3.05, 3.63) is 95.1 Å². The molecule has 3 aromatic rings. The third kappa shape index (κ3) is 9.75. The number of hydrogen-bond acceptors (Lipinski definition) is 7. The lowest BCUT2D eigenvalue weighted by atomic mass is 9.85. The van der Waals surface area contributed by atoms with E-state index < -0.39 is 41.4 Å². The second-order valence-electron chi connectivity index (χ2n) is 12.3. The highest BCUT2D eigenvalue weighted by Crippen LogP contribution is 2.30. The van der Waals surface area contributed by atoms with Crippen LogP contribution >= 0.6 is 0 Å². The average Bonchev–Trinajstić information content (AvgIpc) is 3.08. The highest BCUT2D eigenvalue weighted by atomic mass is 19.1. The van der Waals surface area contributed by atoms with Crippen LogP contribution in [-0.2, 0) is 20.7 Å². The molecule has 1 aromatic heterocycles. The Kier molecular flexibility index (Phi) is 12.2. The SMILES string of the molecule is N[C@H](C(=O)Nc1cncc(F)c1CC[C@@H]1CNC[C@@H](COC(=O)NCC2CCCCC2)O1)C(c1ccc(F)cc1)c1ccc(F)cc1. The Hall–Kier alpha value is -4.00. The molecular formula is C35H42F3N5O4. The zero-order valence-corrected chi connectivity index (χ0v) is 26.2. The first-order valence-electron chi connectivity index (χ1n) is 16.2. The molecule has 1 aliphatic carbocycles. The molecule has 47 heavy (non-hydrogen) atoms. The van der Waals surface area contributed by atoms with Gasteiger partial charge in [0, 0.05) is 31.1 Å². The Morgan fingerprint density at radius 2 is 1.57 bits per heavy atom. The maximum Gasteiger partial charge on any atom is 0.407 e. The van der Waals surface area contributed by atoms with E-state index in [-0.39, 0.29) is 36.5 Å². The van der Waals surface area contributed by atoms with Gasteiger partial charge in [-0.3, -0.25) is 9.78 Å². The van der Waals surface area contributed by atoms with Crippen molar-refractivity contribution in [2.75, 3.05) is 31.6 Å². The Bertz CT molecular complexity index is 1430. The van der Waals surface area contributed by atoms with Gasteiger partial charge in [-0.15, -0.1) is 0 Å². The van der Waals surface area contributed by atoms with Crippen LogP contribution in [0.1, 0.15) is 61.1 Å². The van der Waals surface area contributed by atoms with Gasteiger partial charge in [-0.05, 0) is 67.0 Å². The normalized spacial score (nSPS) is 19.3. The Balaban J connectivity index is 1.17. The molecule has 1 aliphatic heterocycles. The smallest absolute Gasteiger partial charge is 0.407 e. The number of benzene rings is 2. The van der Waals surface area contributed by atoms with E-state index in [1.54, 1.807) is 0 Å². The molecule has 2 heterocycles. The summed E-state index contributed by atoms with van der Waals surface area (Å²) in [5, 5.41) is 8.86. The standard InChI is InChI=1S/C35H42F3N5O4/c36-25-10-6-23(7-11-25)32(24-8-12-26(37)13-9-24)33(39)34(44)43-31-20-41-19-30(38)29(31)15-14-27-17-40-18-28(47-27)21-46-35(45)42-16-22-4-2-1-3-5-22/h6-13,19-20,22,27-28,32-33,40H,1-5,14-18,21,39H2,(H,42,45)(H,43,44)/t27-,28+,33+/m1/s1. The van der Waals surface area contributed by atoms with Crippen molar-refractivity contribution in [2.24, 2.45) is 11.7 Å². The van der Waals surface area contributed by atoms with E-state index in [0.29, 0.717) is 43.1 Å². The van der Waals surface area contributed by atoms with Gasteiger partial charge in [0.05, 0.1) is 30.2 Å². The summed E-state index contributed by atoms with van der Waals surface area (Å²) in [6.45, 7) is 1.75. The average molecular weight is 654 g/mol. The number of aromatic nitrogens is 1. The minimum atomic E-state index is -1.19. The molecule has 12 heteroatoms. The molecule has 5 N–H and O–H groups in total. The van der Waals surface area contributed by atoms with Gasteiger partial charge in [0.1, 0.15) is 30.2 Å². The zero-order valence-electron chi connectivity index (χ0n) is 26.2. The number of rotatable bonds is 12. The summed E-state index contributed by atoms with van der Waals surface area (Å²) in [5.41, 5.74) is 7.99. The van der Waals surface area contributed by atoms with Crippen molar-refractivity contribution >= 4 is 17.7 Å². The quantitative estimate of drug-likeness (QED) is 0.212. The Morgan fingerprint density at radius 1 is 0.936 bits per heavy atom. The van der Waals surface area contributed by atoms with Gasteiger partial charge in [0.25, 0.3) is 0 Å². The van der Waals surface area contributed by atoms with Crippen LogP contribution in [0.4, 0.5) is 23.7 Å². The van der Waals surface area contributed by atoms with E-state index >= 15 is 4.39 Å². The van der Waals surface area contributed by atoms with Crippen molar-refractivity contribution in [1.29, 1.82) is 0 Å². The Labute approximate surface area is 272 Å². The molecule has 2 fully saturated rings. The topological polar surface area (TPSA) is 128 Å². The van der Waals surface area contributed by atoms with E-state index in [9.17, 15) is 18.4 Å². The van der Waals surface area contributed by atoms with Crippen LogP contribution in [0.2, 0.25) is 0 Å². The van der Waals surface area contributed by atoms with Gasteiger partial charge in [-0.2, -0.15) is 0 Å². The summed E-state index contributed by atoms with van der Waals surface area (Å²) in [7, 11) is 0. The third-order valence-corrected chi connectivity index (χ3v) is 8.89. The monoisotopic (exact) mass is 653 g/mol. The Morgan fingerprint density at radius 3 is 2.23 bits per heavy atom. The lowest BCUT2D eigenvalue weighted by Gasteiger charge is -2.31. The summed E-state index contributed by atoms with van der Waals surface area (Å²) in [5.74, 6) is -2.36. The summed E-state index contributed by atoms with van der Waals surface area (Å²) in [4.78, 5) is 29.6. The van der Waals surface area contributed by atoms with Crippen LogP contribution in [0.15, 0.2) is 60.9 Å². The molecule has 1 saturated carbocycles. The summed E-state index contributed by atoms with van der Waals surface area (Å²) in [6, 6.07) is 9.94. The number of morpholine rings is 1. The van der Waals surface area contributed by atoms with E-state index in [1.807, 2.05) is 0 Å². The van der Waals surface area contributed by atoms with Gasteiger partial charge in [0.2, 0.25) is 5.91 Å². The second-order valence-corrected chi connectivity index (χ2v) is 12.3. The van der Waals surface area contributed by atoms with Crippen molar-refractivity contribution in [3.63, 3.8) is 0 Å². The predicted molar refractivity (Wildman–Crippen MR) is 171 cm³/mol. The van der Waals surface area contributed by atoms with Crippen LogP contribution in [0.25, 0.3) is 0 Å². The number of alkyl carbamates (subject to hydrolysis) is 1. The molecule has 252 valence electrons.